The van der Waals surface area contributed by atoms with Crippen molar-refractivity contribution in [3.63, 3.8) is 0 Å². The van der Waals surface area contributed by atoms with Gasteiger partial charge in [0.2, 0.25) is 5.53 Å². The molecule has 0 spiro atoms. The van der Waals surface area contributed by atoms with Gasteiger partial charge in [0.1, 0.15) is 6.10 Å². The Balaban J connectivity index is 5.83. The Morgan fingerprint density at radius 3 is 2.00 bits per heavy atom. The van der Waals surface area contributed by atoms with E-state index in [0.717, 1.165) is 0 Å². The molecule has 0 radical (unpaired) electrons. The molecule has 0 fully saturated rings. The van der Waals surface area contributed by atoms with Gasteiger partial charge in [-0.2, -0.15) is 5.26 Å². The Hall–Kier alpha value is -0.440. The molecule has 3 atom stereocenters. The first-order valence-corrected chi connectivity index (χ1v) is 8.18. The number of nitriles is 1. The SMILES string of the molecule is CC(C#N)OC(O)(C(N)CO)P(=O)(C(C)C)C(C)C. The first kappa shape index (κ1) is 18.6. The summed E-state index contributed by atoms with van der Waals surface area (Å²) in [5.74, 6) is 0. The van der Waals surface area contributed by atoms with Crippen molar-refractivity contribution in [1.82, 2.24) is 0 Å². The Kier molecular flexibility index (Phi) is 6.67. The molecule has 3 unspecified atom stereocenters. The first-order valence-electron chi connectivity index (χ1n) is 6.33. The number of aliphatic hydroxyl groups excluding tert-OH is 1. The highest BCUT2D eigenvalue weighted by Gasteiger charge is 2.56. The van der Waals surface area contributed by atoms with Gasteiger partial charge in [-0.3, -0.25) is 0 Å². The average molecular weight is 292 g/mol. The van der Waals surface area contributed by atoms with Crippen LogP contribution in [0.5, 0.6) is 0 Å². The summed E-state index contributed by atoms with van der Waals surface area (Å²) in [5, 5.41) is 28.7. The van der Waals surface area contributed by atoms with E-state index >= 15 is 0 Å². The molecule has 112 valence electrons. The van der Waals surface area contributed by atoms with Crippen LogP contribution < -0.4 is 5.73 Å². The fraction of sp³-hybridized carbons (Fsp3) is 0.917. The standard InChI is InChI=1S/C12H25N2O4P/c1-8(2)19(17,9(3)4)12(16,11(14)7-15)18-10(5)6-13/h8-11,15-16H,7,14H2,1-5H3. The van der Waals surface area contributed by atoms with Gasteiger partial charge >= 0.3 is 0 Å². The zero-order chi connectivity index (χ0) is 15.4. The lowest BCUT2D eigenvalue weighted by Crippen LogP contribution is -2.55. The summed E-state index contributed by atoms with van der Waals surface area (Å²) in [6, 6.07) is 0.572. The average Bonchev–Trinajstić information content (AvgIpc) is 2.35. The maximum Gasteiger partial charge on any atom is 0.239 e. The number of nitrogens with zero attached hydrogens (tertiary/aromatic N) is 1. The molecule has 4 N–H and O–H groups in total. The van der Waals surface area contributed by atoms with E-state index in [1.54, 1.807) is 27.7 Å². The van der Waals surface area contributed by atoms with E-state index in [4.69, 9.17) is 15.7 Å². The molecule has 0 saturated heterocycles. The van der Waals surface area contributed by atoms with Crippen molar-refractivity contribution >= 4 is 7.14 Å². The quantitative estimate of drug-likeness (QED) is 0.477. The van der Waals surface area contributed by atoms with Crippen LogP contribution in [0.2, 0.25) is 0 Å². The van der Waals surface area contributed by atoms with Crippen LogP contribution in [0.25, 0.3) is 0 Å². The minimum atomic E-state index is -3.33. The van der Waals surface area contributed by atoms with Crippen molar-refractivity contribution in [2.75, 3.05) is 6.61 Å². The van der Waals surface area contributed by atoms with Gasteiger partial charge < -0.3 is 25.2 Å². The summed E-state index contributed by atoms with van der Waals surface area (Å²) in [6.45, 7) is 7.66. The molecule has 0 aromatic heterocycles. The third-order valence-electron chi connectivity index (χ3n) is 3.25. The monoisotopic (exact) mass is 292 g/mol. The maximum atomic E-state index is 13.2. The molecular weight excluding hydrogens is 267 g/mol. The Bertz CT molecular complexity index is 368. The lowest BCUT2D eigenvalue weighted by Gasteiger charge is -2.43. The topological polar surface area (TPSA) is 117 Å². The summed E-state index contributed by atoms with van der Waals surface area (Å²) >= 11 is 0. The predicted molar refractivity (Wildman–Crippen MR) is 74.0 cm³/mol. The fourth-order valence-electron chi connectivity index (χ4n) is 2.17. The van der Waals surface area contributed by atoms with Crippen LogP contribution in [0.4, 0.5) is 0 Å². The molecule has 7 heteroatoms. The lowest BCUT2D eigenvalue weighted by molar-refractivity contribution is -0.173. The van der Waals surface area contributed by atoms with E-state index < -0.39 is 31.4 Å². The van der Waals surface area contributed by atoms with Crippen molar-refractivity contribution in [1.29, 1.82) is 5.26 Å². The van der Waals surface area contributed by atoms with E-state index in [-0.39, 0.29) is 11.3 Å². The third-order valence-corrected chi connectivity index (χ3v) is 7.75. The normalized spacial score (nSPS) is 19.0. The van der Waals surface area contributed by atoms with E-state index in [9.17, 15) is 14.8 Å². The molecule has 6 nitrogen and oxygen atoms in total. The number of rotatable bonds is 7. The second kappa shape index (κ2) is 6.83. The summed E-state index contributed by atoms with van der Waals surface area (Å²) < 4.78 is 18.5. The van der Waals surface area contributed by atoms with Crippen LogP contribution in [0.15, 0.2) is 0 Å². The van der Waals surface area contributed by atoms with Gasteiger partial charge in [-0.15, -0.1) is 0 Å². The van der Waals surface area contributed by atoms with Gasteiger partial charge in [0.05, 0.1) is 18.7 Å². The van der Waals surface area contributed by atoms with Crippen LogP contribution in [0.3, 0.4) is 0 Å². The predicted octanol–water partition coefficient (Wildman–Crippen LogP) is 1.06. The molecule has 0 saturated carbocycles. The second-order valence-electron chi connectivity index (χ2n) is 5.23. The Morgan fingerprint density at radius 1 is 1.32 bits per heavy atom. The van der Waals surface area contributed by atoms with E-state index in [1.165, 1.54) is 6.92 Å². The summed E-state index contributed by atoms with van der Waals surface area (Å²) in [6.07, 6.45) is -0.978. The molecule has 0 bridgehead atoms. The summed E-state index contributed by atoms with van der Waals surface area (Å²) in [5.41, 5.74) is 2.72. The zero-order valence-electron chi connectivity index (χ0n) is 12.2. The van der Waals surface area contributed by atoms with Gasteiger partial charge in [0.15, 0.2) is 7.14 Å². The number of hydrogen-bond donors (Lipinski definition) is 3. The van der Waals surface area contributed by atoms with Crippen molar-refractivity contribution in [2.24, 2.45) is 5.73 Å². The van der Waals surface area contributed by atoms with Crippen molar-refractivity contribution in [3.8, 4) is 6.07 Å². The van der Waals surface area contributed by atoms with Crippen LogP contribution >= 0.6 is 7.14 Å². The first-order chi connectivity index (χ1) is 8.57. The van der Waals surface area contributed by atoms with Crippen molar-refractivity contribution in [3.05, 3.63) is 0 Å². The number of ether oxygens (including phenoxy) is 1. The summed E-state index contributed by atoms with van der Waals surface area (Å²) in [4.78, 5) is 0. The highest BCUT2D eigenvalue weighted by atomic mass is 31.2. The van der Waals surface area contributed by atoms with E-state index in [0.29, 0.717) is 0 Å². The lowest BCUT2D eigenvalue weighted by atomic mass is 10.3. The molecule has 0 amide bonds. The van der Waals surface area contributed by atoms with Crippen molar-refractivity contribution < 1.29 is 19.5 Å². The molecule has 0 aliphatic carbocycles. The van der Waals surface area contributed by atoms with Gasteiger partial charge in [0, 0.05) is 11.3 Å². The van der Waals surface area contributed by atoms with Crippen LogP contribution in [0.1, 0.15) is 34.6 Å². The smallest absolute Gasteiger partial charge is 0.239 e. The Morgan fingerprint density at radius 2 is 1.74 bits per heavy atom. The molecule has 0 aromatic carbocycles. The molecule has 0 aromatic rings. The van der Waals surface area contributed by atoms with E-state index in [1.807, 2.05) is 6.07 Å². The molecular formula is C12H25N2O4P. The number of aliphatic hydroxyl groups is 2. The highest BCUT2D eigenvalue weighted by Crippen LogP contribution is 2.65. The largest absolute Gasteiger partial charge is 0.395 e. The maximum absolute atomic E-state index is 13.2. The number of hydrogen-bond acceptors (Lipinski definition) is 6. The Labute approximate surface area is 114 Å². The number of nitrogens with two attached hydrogens (primary N) is 1. The molecule has 0 heterocycles. The summed E-state index contributed by atoms with van der Waals surface area (Å²) in [7, 11) is -3.33. The van der Waals surface area contributed by atoms with Gasteiger partial charge in [-0.1, -0.05) is 27.7 Å². The minimum absolute atomic E-state index is 0.388. The van der Waals surface area contributed by atoms with Crippen LogP contribution in [-0.4, -0.2) is 45.8 Å². The van der Waals surface area contributed by atoms with Gasteiger partial charge in [-0.25, -0.2) is 0 Å². The molecule has 19 heavy (non-hydrogen) atoms. The van der Waals surface area contributed by atoms with E-state index in [2.05, 4.69) is 0 Å². The van der Waals surface area contributed by atoms with Crippen LogP contribution in [-0.2, 0) is 9.30 Å². The van der Waals surface area contributed by atoms with Crippen LogP contribution in [0, 0.1) is 11.3 Å². The zero-order valence-corrected chi connectivity index (χ0v) is 13.1. The molecule has 0 aliphatic heterocycles. The van der Waals surface area contributed by atoms with Crippen molar-refractivity contribution in [2.45, 2.75) is 63.6 Å². The van der Waals surface area contributed by atoms with Gasteiger partial charge in [0.25, 0.3) is 0 Å². The third kappa shape index (κ3) is 3.36. The highest BCUT2D eigenvalue weighted by molar-refractivity contribution is 7.66. The fourth-order valence-corrected chi connectivity index (χ4v) is 5.77. The second-order valence-corrected chi connectivity index (χ2v) is 9.36. The molecule has 0 aliphatic rings. The van der Waals surface area contributed by atoms with Gasteiger partial charge in [-0.05, 0) is 6.92 Å². The molecule has 0 rings (SSSR count). The minimum Gasteiger partial charge on any atom is -0.395 e.